The number of hydrogen-bond acceptors (Lipinski definition) is 3. The molecule has 1 fully saturated rings. The first-order valence-electron chi connectivity index (χ1n) is 7.34. The average Bonchev–Trinajstić information content (AvgIpc) is 2.93. The molecule has 5 heteroatoms. The molecule has 0 spiro atoms. The van der Waals surface area contributed by atoms with Crippen LogP contribution in [-0.2, 0) is 4.79 Å². The van der Waals surface area contributed by atoms with E-state index in [4.69, 9.17) is 10.5 Å². The van der Waals surface area contributed by atoms with Gasteiger partial charge in [-0.1, -0.05) is 25.0 Å². The predicted octanol–water partition coefficient (Wildman–Crippen LogP) is 2.43. The van der Waals surface area contributed by atoms with Crippen molar-refractivity contribution in [2.75, 3.05) is 19.7 Å². The fourth-order valence-corrected chi connectivity index (χ4v) is 2.80. The number of nitrogens with two attached hydrogens (primary N) is 1. The Morgan fingerprint density at radius 1 is 1.38 bits per heavy atom. The summed E-state index contributed by atoms with van der Waals surface area (Å²) in [5.74, 6) is 0.930. The Balaban J connectivity index is 0.00000220. The Labute approximate surface area is 132 Å². The number of carbonyl (C=O) groups excluding carboxylic acids is 1. The molecule has 1 aromatic carbocycles. The van der Waals surface area contributed by atoms with Gasteiger partial charge in [0.1, 0.15) is 12.4 Å². The molecule has 1 aromatic rings. The Kier molecular flexibility index (Phi) is 6.99. The smallest absolute Gasteiger partial charge is 0.227 e. The van der Waals surface area contributed by atoms with Crippen molar-refractivity contribution >= 4 is 18.3 Å². The molecule has 1 saturated carbocycles. The van der Waals surface area contributed by atoms with Gasteiger partial charge in [-0.25, -0.2) is 0 Å². The minimum atomic E-state index is -0.330. The van der Waals surface area contributed by atoms with Gasteiger partial charge in [-0.2, -0.15) is 0 Å². The summed E-state index contributed by atoms with van der Waals surface area (Å²) < 4.78 is 5.62. The highest BCUT2D eigenvalue weighted by atomic mass is 35.5. The summed E-state index contributed by atoms with van der Waals surface area (Å²) in [4.78, 5) is 12.2. The topological polar surface area (TPSA) is 64.3 Å². The molecule has 2 rings (SSSR count). The maximum Gasteiger partial charge on any atom is 0.227 e. The molecule has 0 aromatic heterocycles. The van der Waals surface area contributed by atoms with E-state index in [-0.39, 0.29) is 23.7 Å². The van der Waals surface area contributed by atoms with Crippen LogP contribution in [0.2, 0.25) is 0 Å². The van der Waals surface area contributed by atoms with Crippen molar-refractivity contribution in [3.63, 3.8) is 0 Å². The van der Waals surface area contributed by atoms with Crippen LogP contribution in [0.1, 0.15) is 31.2 Å². The fourth-order valence-electron chi connectivity index (χ4n) is 2.80. The third-order valence-electron chi connectivity index (χ3n) is 4.08. The van der Waals surface area contributed by atoms with E-state index < -0.39 is 0 Å². The van der Waals surface area contributed by atoms with Gasteiger partial charge in [0, 0.05) is 6.54 Å². The van der Waals surface area contributed by atoms with Crippen LogP contribution in [0.15, 0.2) is 24.3 Å². The normalized spacial score (nSPS) is 16.1. The van der Waals surface area contributed by atoms with Crippen molar-refractivity contribution in [3.05, 3.63) is 29.8 Å². The molecule has 118 valence electrons. The molecular weight excluding hydrogens is 288 g/mol. The first kappa shape index (κ1) is 17.8. The first-order valence-corrected chi connectivity index (χ1v) is 7.34. The first-order chi connectivity index (χ1) is 9.66. The number of halogens is 1. The van der Waals surface area contributed by atoms with Gasteiger partial charge in [0.15, 0.2) is 0 Å². The summed E-state index contributed by atoms with van der Waals surface area (Å²) >= 11 is 0. The molecule has 0 unspecified atom stereocenters. The fraction of sp³-hybridized carbons (Fsp3) is 0.562. The van der Waals surface area contributed by atoms with Crippen molar-refractivity contribution in [2.45, 2.75) is 32.6 Å². The SMILES string of the molecule is Cc1cccc(OCCNC(=O)C2(CN)CCCC2)c1.Cl. The number of ether oxygens (including phenoxy) is 1. The van der Waals surface area contributed by atoms with Gasteiger partial charge < -0.3 is 15.8 Å². The lowest BCUT2D eigenvalue weighted by molar-refractivity contribution is -0.130. The lowest BCUT2D eigenvalue weighted by atomic mass is 9.85. The van der Waals surface area contributed by atoms with E-state index in [1.165, 1.54) is 5.56 Å². The van der Waals surface area contributed by atoms with Crippen LogP contribution in [0, 0.1) is 12.3 Å². The molecule has 0 bridgehead atoms. The van der Waals surface area contributed by atoms with Gasteiger partial charge >= 0.3 is 0 Å². The molecule has 0 heterocycles. The zero-order valence-electron chi connectivity index (χ0n) is 12.6. The molecule has 0 atom stereocenters. The Bertz CT molecular complexity index is 459. The van der Waals surface area contributed by atoms with E-state index in [1.54, 1.807) is 0 Å². The van der Waals surface area contributed by atoms with Gasteiger partial charge in [-0.3, -0.25) is 4.79 Å². The van der Waals surface area contributed by atoms with Crippen LogP contribution >= 0.6 is 12.4 Å². The number of rotatable bonds is 6. The van der Waals surface area contributed by atoms with E-state index in [0.717, 1.165) is 31.4 Å². The third-order valence-corrected chi connectivity index (χ3v) is 4.08. The standard InChI is InChI=1S/C16H24N2O2.ClH/c1-13-5-4-6-14(11-13)20-10-9-18-15(19)16(12-17)7-2-3-8-16;/h4-6,11H,2-3,7-10,12,17H2,1H3,(H,18,19);1H. The van der Waals surface area contributed by atoms with Crippen LogP contribution in [0.5, 0.6) is 5.75 Å². The Morgan fingerprint density at radius 2 is 2.10 bits per heavy atom. The van der Waals surface area contributed by atoms with Crippen LogP contribution in [0.4, 0.5) is 0 Å². The molecule has 1 aliphatic rings. The van der Waals surface area contributed by atoms with Crippen molar-refractivity contribution in [1.82, 2.24) is 5.32 Å². The summed E-state index contributed by atoms with van der Waals surface area (Å²) in [6, 6.07) is 7.90. The quantitative estimate of drug-likeness (QED) is 0.793. The second-order valence-corrected chi connectivity index (χ2v) is 5.61. The number of hydrogen-bond donors (Lipinski definition) is 2. The van der Waals surface area contributed by atoms with Gasteiger partial charge in [-0.05, 0) is 37.5 Å². The number of carbonyl (C=O) groups is 1. The van der Waals surface area contributed by atoms with Crippen molar-refractivity contribution in [2.24, 2.45) is 11.1 Å². The number of nitrogens with one attached hydrogen (secondary N) is 1. The molecule has 0 radical (unpaired) electrons. The summed E-state index contributed by atoms with van der Waals surface area (Å²) in [6.45, 7) is 3.47. The maximum absolute atomic E-state index is 12.2. The third kappa shape index (κ3) is 4.61. The Morgan fingerprint density at radius 3 is 2.71 bits per heavy atom. The highest BCUT2D eigenvalue weighted by Crippen LogP contribution is 2.37. The van der Waals surface area contributed by atoms with E-state index in [2.05, 4.69) is 5.32 Å². The number of amides is 1. The second-order valence-electron chi connectivity index (χ2n) is 5.61. The molecule has 4 nitrogen and oxygen atoms in total. The molecule has 0 aliphatic heterocycles. The molecular formula is C16H25ClN2O2. The zero-order chi connectivity index (χ0) is 14.4. The summed E-state index contributed by atoms with van der Waals surface area (Å²) in [5, 5.41) is 2.96. The van der Waals surface area contributed by atoms with Gasteiger partial charge in [0.05, 0.1) is 12.0 Å². The van der Waals surface area contributed by atoms with Crippen LogP contribution < -0.4 is 15.8 Å². The van der Waals surface area contributed by atoms with Crippen LogP contribution in [-0.4, -0.2) is 25.6 Å². The van der Waals surface area contributed by atoms with Crippen molar-refractivity contribution in [3.8, 4) is 5.75 Å². The molecule has 3 N–H and O–H groups in total. The molecule has 1 amide bonds. The number of aryl methyl sites for hydroxylation is 1. The Hall–Kier alpha value is -1.26. The average molecular weight is 313 g/mol. The monoisotopic (exact) mass is 312 g/mol. The number of benzene rings is 1. The predicted molar refractivity (Wildman–Crippen MR) is 86.9 cm³/mol. The molecule has 21 heavy (non-hydrogen) atoms. The van der Waals surface area contributed by atoms with Gasteiger partial charge in [0.2, 0.25) is 5.91 Å². The molecule has 0 saturated heterocycles. The van der Waals surface area contributed by atoms with Gasteiger partial charge in [-0.15, -0.1) is 12.4 Å². The lowest BCUT2D eigenvalue weighted by Crippen LogP contribution is -2.45. The highest BCUT2D eigenvalue weighted by molar-refractivity contribution is 5.85. The van der Waals surface area contributed by atoms with E-state index in [9.17, 15) is 4.79 Å². The second kappa shape index (κ2) is 8.25. The minimum Gasteiger partial charge on any atom is -0.492 e. The van der Waals surface area contributed by atoms with Crippen LogP contribution in [0.25, 0.3) is 0 Å². The van der Waals surface area contributed by atoms with E-state index in [1.807, 2.05) is 31.2 Å². The largest absolute Gasteiger partial charge is 0.492 e. The lowest BCUT2D eigenvalue weighted by Gasteiger charge is -2.25. The summed E-state index contributed by atoms with van der Waals surface area (Å²) in [7, 11) is 0. The zero-order valence-corrected chi connectivity index (χ0v) is 13.4. The summed E-state index contributed by atoms with van der Waals surface area (Å²) in [6.07, 6.45) is 4.02. The van der Waals surface area contributed by atoms with E-state index >= 15 is 0 Å². The van der Waals surface area contributed by atoms with Crippen LogP contribution in [0.3, 0.4) is 0 Å². The molecule has 1 aliphatic carbocycles. The highest BCUT2D eigenvalue weighted by Gasteiger charge is 2.39. The maximum atomic E-state index is 12.2. The minimum absolute atomic E-state index is 0. The van der Waals surface area contributed by atoms with Crippen molar-refractivity contribution < 1.29 is 9.53 Å². The summed E-state index contributed by atoms with van der Waals surface area (Å²) in [5.41, 5.74) is 6.63. The van der Waals surface area contributed by atoms with Crippen molar-refractivity contribution in [1.29, 1.82) is 0 Å². The van der Waals surface area contributed by atoms with E-state index in [0.29, 0.717) is 19.7 Å². The van der Waals surface area contributed by atoms with Gasteiger partial charge in [0.25, 0.3) is 0 Å².